The average Bonchev–Trinajstić information content (AvgIpc) is 3.28. The number of hydrogen-bond acceptors (Lipinski definition) is 2. The molecule has 100 valence electrons. The second-order valence-corrected chi connectivity index (χ2v) is 5.53. The topological polar surface area (TPSA) is 66.4 Å². The van der Waals surface area contributed by atoms with Crippen molar-refractivity contribution in [1.82, 2.24) is 5.32 Å². The SMILES string of the molecule is O=C(N[C@@H](C(=O)O)c1ccccc1)[C@H]1C[C@H]1C1CC1. The van der Waals surface area contributed by atoms with Gasteiger partial charge in [0.1, 0.15) is 0 Å². The van der Waals surface area contributed by atoms with E-state index in [2.05, 4.69) is 5.32 Å². The van der Waals surface area contributed by atoms with E-state index in [0.717, 1.165) is 12.3 Å². The van der Waals surface area contributed by atoms with Gasteiger partial charge in [-0.25, -0.2) is 4.79 Å². The van der Waals surface area contributed by atoms with Gasteiger partial charge in [-0.05, 0) is 36.7 Å². The first-order valence-corrected chi connectivity index (χ1v) is 6.75. The first-order chi connectivity index (χ1) is 9.16. The molecule has 0 bridgehead atoms. The van der Waals surface area contributed by atoms with Gasteiger partial charge in [0, 0.05) is 5.92 Å². The zero-order valence-electron chi connectivity index (χ0n) is 10.6. The summed E-state index contributed by atoms with van der Waals surface area (Å²) in [6.07, 6.45) is 3.39. The highest BCUT2D eigenvalue weighted by atomic mass is 16.4. The van der Waals surface area contributed by atoms with Gasteiger partial charge in [-0.2, -0.15) is 0 Å². The Labute approximate surface area is 111 Å². The molecule has 2 saturated carbocycles. The van der Waals surface area contributed by atoms with Gasteiger partial charge in [-0.15, -0.1) is 0 Å². The van der Waals surface area contributed by atoms with Crippen LogP contribution in [0.3, 0.4) is 0 Å². The Bertz CT molecular complexity index is 495. The molecule has 2 aliphatic rings. The molecule has 0 unspecified atom stereocenters. The van der Waals surface area contributed by atoms with Crippen LogP contribution in [0, 0.1) is 17.8 Å². The standard InChI is InChI=1S/C15H17NO3/c17-14(12-8-11(12)9-6-7-9)16-13(15(18)19)10-4-2-1-3-5-10/h1-5,9,11-13H,6-8H2,(H,16,17)(H,18,19)/t11-,12-,13+/m0/s1. The van der Waals surface area contributed by atoms with Crippen molar-refractivity contribution in [3.05, 3.63) is 35.9 Å². The average molecular weight is 259 g/mol. The van der Waals surface area contributed by atoms with E-state index in [9.17, 15) is 14.7 Å². The van der Waals surface area contributed by atoms with Gasteiger partial charge in [0.2, 0.25) is 5.91 Å². The van der Waals surface area contributed by atoms with E-state index in [-0.39, 0.29) is 11.8 Å². The molecule has 3 rings (SSSR count). The molecule has 19 heavy (non-hydrogen) atoms. The van der Waals surface area contributed by atoms with Crippen LogP contribution in [0.4, 0.5) is 0 Å². The molecule has 1 aromatic carbocycles. The van der Waals surface area contributed by atoms with Crippen LogP contribution in [0.5, 0.6) is 0 Å². The smallest absolute Gasteiger partial charge is 0.330 e. The van der Waals surface area contributed by atoms with Crippen LogP contribution in [-0.4, -0.2) is 17.0 Å². The maximum Gasteiger partial charge on any atom is 0.330 e. The Kier molecular flexibility index (Phi) is 3.01. The van der Waals surface area contributed by atoms with E-state index in [1.807, 2.05) is 6.07 Å². The van der Waals surface area contributed by atoms with Crippen LogP contribution in [0.2, 0.25) is 0 Å². The Morgan fingerprint density at radius 2 is 1.89 bits per heavy atom. The van der Waals surface area contributed by atoms with Crippen LogP contribution in [0.1, 0.15) is 30.9 Å². The fourth-order valence-corrected chi connectivity index (χ4v) is 2.74. The number of carbonyl (C=O) groups excluding carboxylic acids is 1. The summed E-state index contributed by atoms with van der Waals surface area (Å²) in [6.45, 7) is 0. The number of hydrogen-bond donors (Lipinski definition) is 2. The van der Waals surface area contributed by atoms with E-state index in [0.29, 0.717) is 11.5 Å². The predicted octanol–water partition coefficient (Wildman–Crippen LogP) is 1.97. The zero-order valence-corrected chi connectivity index (χ0v) is 10.6. The summed E-state index contributed by atoms with van der Waals surface area (Å²) in [5.74, 6) is 0.148. The third-order valence-corrected chi connectivity index (χ3v) is 4.07. The molecule has 4 heteroatoms. The molecule has 2 aliphatic carbocycles. The van der Waals surface area contributed by atoms with Crippen molar-refractivity contribution >= 4 is 11.9 Å². The highest BCUT2D eigenvalue weighted by Crippen LogP contribution is 2.54. The van der Waals surface area contributed by atoms with Gasteiger partial charge >= 0.3 is 5.97 Å². The molecule has 2 N–H and O–H groups in total. The van der Waals surface area contributed by atoms with Crippen LogP contribution in [-0.2, 0) is 9.59 Å². The van der Waals surface area contributed by atoms with Gasteiger partial charge in [0.25, 0.3) is 0 Å². The van der Waals surface area contributed by atoms with Crippen LogP contribution in [0.25, 0.3) is 0 Å². The molecule has 0 radical (unpaired) electrons. The summed E-state index contributed by atoms with van der Waals surface area (Å²) >= 11 is 0. The van der Waals surface area contributed by atoms with E-state index in [1.54, 1.807) is 24.3 Å². The second-order valence-electron chi connectivity index (χ2n) is 5.53. The quantitative estimate of drug-likeness (QED) is 0.849. The van der Waals surface area contributed by atoms with E-state index in [4.69, 9.17) is 0 Å². The lowest BCUT2D eigenvalue weighted by Crippen LogP contribution is -2.35. The summed E-state index contributed by atoms with van der Waals surface area (Å²) in [6, 6.07) is 7.90. The van der Waals surface area contributed by atoms with Gasteiger partial charge in [0.05, 0.1) is 0 Å². The molecule has 0 saturated heterocycles. The van der Waals surface area contributed by atoms with Crippen molar-refractivity contribution in [3.63, 3.8) is 0 Å². The minimum atomic E-state index is -1.01. The van der Waals surface area contributed by atoms with Crippen molar-refractivity contribution in [2.75, 3.05) is 0 Å². The van der Waals surface area contributed by atoms with Crippen LogP contribution < -0.4 is 5.32 Å². The van der Waals surface area contributed by atoms with E-state index in [1.165, 1.54) is 12.8 Å². The number of aliphatic carboxylic acids is 1. The molecule has 3 atom stereocenters. The summed E-state index contributed by atoms with van der Waals surface area (Å²) in [4.78, 5) is 23.4. The number of carbonyl (C=O) groups is 2. The molecule has 0 spiro atoms. The maximum atomic E-state index is 12.1. The lowest BCUT2D eigenvalue weighted by atomic mass is 10.1. The van der Waals surface area contributed by atoms with Crippen LogP contribution in [0.15, 0.2) is 30.3 Å². The van der Waals surface area contributed by atoms with E-state index >= 15 is 0 Å². The lowest BCUT2D eigenvalue weighted by molar-refractivity contribution is -0.142. The molecule has 1 aromatic rings. The molecule has 2 fully saturated rings. The lowest BCUT2D eigenvalue weighted by Gasteiger charge is -2.14. The monoisotopic (exact) mass is 259 g/mol. The predicted molar refractivity (Wildman–Crippen MR) is 69.3 cm³/mol. The molecule has 0 aromatic heterocycles. The first kappa shape index (κ1) is 12.2. The molecule has 1 amide bonds. The molecular formula is C15H17NO3. The molecule has 0 heterocycles. The Hall–Kier alpha value is -1.84. The van der Waals surface area contributed by atoms with Crippen molar-refractivity contribution in [1.29, 1.82) is 0 Å². The third-order valence-electron chi connectivity index (χ3n) is 4.07. The highest BCUT2D eigenvalue weighted by molar-refractivity contribution is 5.87. The first-order valence-electron chi connectivity index (χ1n) is 6.75. The van der Waals surface area contributed by atoms with Crippen molar-refractivity contribution in [3.8, 4) is 0 Å². The molecular weight excluding hydrogens is 242 g/mol. The minimum Gasteiger partial charge on any atom is -0.479 e. The third kappa shape index (κ3) is 2.62. The number of amides is 1. The Morgan fingerprint density at radius 1 is 1.21 bits per heavy atom. The number of carboxylic acid groups (broad SMARTS) is 1. The van der Waals surface area contributed by atoms with Gasteiger partial charge in [0.15, 0.2) is 6.04 Å². The molecule has 4 nitrogen and oxygen atoms in total. The van der Waals surface area contributed by atoms with Crippen LogP contribution >= 0.6 is 0 Å². The second kappa shape index (κ2) is 4.68. The number of rotatable bonds is 5. The highest BCUT2D eigenvalue weighted by Gasteiger charge is 2.51. The summed E-state index contributed by atoms with van der Waals surface area (Å²) < 4.78 is 0. The number of nitrogens with one attached hydrogen (secondary N) is 1. The van der Waals surface area contributed by atoms with E-state index < -0.39 is 12.0 Å². The van der Waals surface area contributed by atoms with Crippen molar-refractivity contribution < 1.29 is 14.7 Å². The van der Waals surface area contributed by atoms with Gasteiger partial charge < -0.3 is 10.4 Å². The van der Waals surface area contributed by atoms with Gasteiger partial charge in [-0.3, -0.25) is 4.79 Å². The zero-order chi connectivity index (χ0) is 13.4. The number of carboxylic acids is 1. The summed E-state index contributed by atoms with van der Waals surface area (Å²) in [7, 11) is 0. The van der Waals surface area contributed by atoms with Gasteiger partial charge in [-0.1, -0.05) is 30.3 Å². The minimum absolute atomic E-state index is 0.0399. The summed E-state index contributed by atoms with van der Waals surface area (Å²) in [5.41, 5.74) is 0.618. The maximum absolute atomic E-state index is 12.1. The van der Waals surface area contributed by atoms with Crippen molar-refractivity contribution in [2.45, 2.75) is 25.3 Å². The Morgan fingerprint density at radius 3 is 2.47 bits per heavy atom. The van der Waals surface area contributed by atoms with Crippen molar-refractivity contribution in [2.24, 2.45) is 17.8 Å². The largest absolute Gasteiger partial charge is 0.479 e. The number of benzene rings is 1. The fourth-order valence-electron chi connectivity index (χ4n) is 2.74. The normalized spacial score (nSPS) is 26.5. The fraction of sp³-hybridized carbons (Fsp3) is 0.467. The summed E-state index contributed by atoms with van der Waals surface area (Å²) in [5, 5.41) is 11.9. The Balaban J connectivity index is 1.65. The molecule has 0 aliphatic heterocycles.